The number of benzene rings is 1. The smallest absolute Gasteiger partial charge is 0.279 e. The minimum Gasteiger partial charge on any atom is -0.326 e. The third kappa shape index (κ3) is 3.79. The van der Waals surface area contributed by atoms with Gasteiger partial charge in [0, 0.05) is 26.2 Å². The molecule has 0 saturated carbocycles. The van der Waals surface area contributed by atoms with Crippen molar-refractivity contribution in [3.63, 3.8) is 0 Å². The maximum atomic E-state index is 12.2. The summed E-state index contributed by atoms with van der Waals surface area (Å²) in [5, 5.41) is 0. The van der Waals surface area contributed by atoms with Crippen molar-refractivity contribution < 1.29 is 8.42 Å². The standard InChI is InChI=1S/C14H23N3O2S/c1-12-6-8-17(9-7-12)20(18,19)16-11-14-5-3-2-4-13(14)10-15/h2-5,12,16H,6-11,15H2,1H3. The van der Waals surface area contributed by atoms with Gasteiger partial charge in [0.1, 0.15) is 0 Å². The van der Waals surface area contributed by atoms with Crippen LogP contribution in [0.15, 0.2) is 24.3 Å². The van der Waals surface area contributed by atoms with Crippen LogP contribution in [0, 0.1) is 5.92 Å². The van der Waals surface area contributed by atoms with E-state index in [1.165, 1.54) is 4.31 Å². The number of nitrogens with two attached hydrogens (primary N) is 1. The minimum absolute atomic E-state index is 0.293. The van der Waals surface area contributed by atoms with Crippen LogP contribution in [0.3, 0.4) is 0 Å². The van der Waals surface area contributed by atoms with E-state index in [9.17, 15) is 8.42 Å². The van der Waals surface area contributed by atoms with Crippen molar-refractivity contribution in [3.05, 3.63) is 35.4 Å². The van der Waals surface area contributed by atoms with Crippen LogP contribution in [0.1, 0.15) is 30.9 Å². The van der Waals surface area contributed by atoms with Crippen molar-refractivity contribution in [1.29, 1.82) is 0 Å². The van der Waals surface area contributed by atoms with Gasteiger partial charge in [-0.2, -0.15) is 17.4 Å². The summed E-state index contributed by atoms with van der Waals surface area (Å²) in [6.45, 7) is 4.08. The van der Waals surface area contributed by atoms with E-state index in [1.54, 1.807) is 0 Å². The first kappa shape index (κ1) is 15.4. The predicted molar refractivity (Wildman–Crippen MR) is 80.1 cm³/mol. The Kier molecular flexibility index (Phi) is 5.15. The lowest BCUT2D eigenvalue weighted by atomic mass is 10.0. The van der Waals surface area contributed by atoms with Gasteiger partial charge in [-0.15, -0.1) is 0 Å². The topological polar surface area (TPSA) is 75.4 Å². The molecule has 0 spiro atoms. The molecule has 112 valence electrons. The second-order valence-electron chi connectivity index (χ2n) is 5.38. The van der Waals surface area contributed by atoms with E-state index in [1.807, 2.05) is 24.3 Å². The van der Waals surface area contributed by atoms with Gasteiger partial charge in [-0.1, -0.05) is 31.2 Å². The number of piperidine rings is 1. The van der Waals surface area contributed by atoms with Gasteiger partial charge in [0.15, 0.2) is 0 Å². The van der Waals surface area contributed by atoms with Gasteiger partial charge in [-0.05, 0) is 29.9 Å². The Morgan fingerprint density at radius 1 is 1.25 bits per heavy atom. The van der Waals surface area contributed by atoms with Crippen molar-refractivity contribution in [3.8, 4) is 0 Å². The molecule has 2 rings (SSSR count). The molecular weight excluding hydrogens is 274 g/mol. The molecule has 0 amide bonds. The molecule has 1 aromatic rings. The van der Waals surface area contributed by atoms with Crippen LogP contribution in [0.25, 0.3) is 0 Å². The molecule has 0 radical (unpaired) electrons. The van der Waals surface area contributed by atoms with E-state index in [0.29, 0.717) is 32.1 Å². The second kappa shape index (κ2) is 6.67. The van der Waals surface area contributed by atoms with Gasteiger partial charge in [-0.3, -0.25) is 0 Å². The fourth-order valence-corrected chi connectivity index (χ4v) is 3.63. The van der Waals surface area contributed by atoms with E-state index in [0.717, 1.165) is 24.0 Å². The highest BCUT2D eigenvalue weighted by molar-refractivity contribution is 7.87. The highest BCUT2D eigenvalue weighted by Gasteiger charge is 2.25. The quantitative estimate of drug-likeness (QED) is 0.858. The first-order valence-electron chi connectivity index (χ1n) is 7.04. The SMILES string of the molecule is CC1CCN(S(=O)(=O)NCc2ccccc2CN)CC1. The fraction of sp³-hybridized carbons (Fsp3) is 0.571. The summed E-state index contributed by atoms with van der Waals surface area (Å²) in [6.07, 6.45) is 1.86. The summed E-state index contributed by atoms with van der Waals surface area (Å²) in [4.78, 5) is 0. The highest BCUT2D eigenvalue weighted by Crippen LogP contribution is 2.18. The summed E-state index contributed by atoms with van der Waals surface area (Å²) < 4.78 is 28.7. The van der Waals surface area contributed by atoms with Crippen LogP contribution in [-0.2, 0) is 23.3 Å². The van der Waals surface area contributed by atoms with E-state index < -0.39 is 10.2 Å². The molecule has 0 unspecified atom stereocenters. The van der Waals surface area contributed by atoms with Crippen molar-refractivity contribution in [2.24, 2.45) is 11.7 Å². The zero-order valence-corrected chi connectivity index (χ0v) is 12.7. The third-order valence-corrected chi connectivity index (χ3v) is 5.42. The molecule has 1 fully saturated rings. The first-order chi connectivity index (χ1) is 9.53. The monoisotopic (exact) mass is 297 g/mol. The van der Waals surface area contributed by atoms with E-state index in [4.69, 9.17) is 5.73 Å². The van der Waals surface area contributed by atoms with Gasteiger partial charge in [0.05, 0.1) is 0 Å². The highest BCUT2D eigenvalue weighted by atomic mass is 32.2. The molecule has 1 saturated heterocycles. The lowest BCUT2D eigenvalue weighted by Crippen LogP contribution is -2.44. The fourth-order valence-electron chi connectivity index (χ4n) is 2.41. The van der Waals surface area contributed by atoms with Gasteiger partial charge in [0.25, 0.3) is 10.2 Å². The Bertz CT molecular complexity index is 537. The molecule has 6 heteroatoms. The summed E-state index contributed by atoms with van der Waals surface area (Å²) in [5.74, 6) is 0.611. The Morgan fingerprint density at radius 3 is 2.45 bits per heavy atom. The van der Waals surface area contributed by atoms with Gasteiger partial charge < -0.3 is 5.73 Å². The minimum atomic E-state index is -3.39. The summed E-state index contributed by atoms with van der Waals surface area (Å²) >= 11 is 0. The average molecular weight is 297 g/mol. The second-order valence-corrected chi connectivity index (χ2v) is 7.14. The molecule has 5 nitrogen and oxygen atoms in total. The number of hydrogen-bond donors (Lipinski definition) is 2. The molecule has 20 heavy (non-hydrogen) atoms. The third-order valence-electron chi connectivity index (χ3n) is 3.87. The Hall–Kier alpha value is -0.950. The molecule has 0 aromatic heterocycles. The van der Waals surface area contributed by atoms with Crippen LogP contribution in [0.4, 0.5) is 0 Å². The number of nitrogens with one attached hydrogen (secondary N) is 1. The molecule has 0 bridgehead atoms. The van der Waals surface area contributed by atoms with Crippen molar-refractivity contribution in [2.45, 2.75) is 32.9 Å². The van der Waals surface area contributed by atoms with Gasteiger partial charge >= 0.3 is 0 Å². The molecule has 1 aromatic carbocycles. The Labute approximate surface area is 121 Å². The molecular formula is C14H23N3O2S. The Balaban J connectivity index is 1.98. The zero-order chi connectivity index (χ0) is 14.6. The Morgan fingerprint density at radius 2 is 1.85 bits per heavy atom. The van der Waals surface area contributed by atoms with Crippen molar-refractivity contribution >= 4 is 10.2 Å². The van der Waals surface area contributed by atoms with Crippen molar-refractivity contribution in [2.75, 3.05) is 13.1 Å². The number of rotatable bonds is 5. The largest absolute Gasteiger partial charge is 0.326 e. The normalized spacial score (nSPS) is 18.3. The number of nitrogens with zero attached hydrogens (tertiary/aromatic N) is 1. The molecule has 1 aliphatic rings. The molecule has 0 aliphatic carbocycles. The van der Waals surface area contributed by atoms with E-state index >= 15 is 0 Å². The van der Waals surface area contributed by atoms with Gasteiger partial charge in [-0.25, -0.2) is 0 Å². The average Bonchev–Trinajstić information content (AvgIpc) is 2.46. The summed E-state index contributed by atoms with van der Waals surface area (Å²) in [5.41, 5.74) is 7.57. The van der Waals surface area contributed by atoms with Crippen LogP contribution >= 0.6 is 0 Å². The van der Waals surface area contributed by atoms with Crippen LogP contribution in [-0.4, -0.2) is 25.8 Å². The maximum Gasteiger partial charge on any atom is 0.279 e. The number of hydrogen-bond acceptors (Lipinski definition) is 3. The van der Waals surface area contributed by atoms with Crippen molar-refractivity contribution in [1.82, 2.24) is 9.03 Å². The van der Waals surface area contributed by atoms with Gasteiger partial charge in [0.2, 0.25) is 0 Å². The van der Waals surface area contributed by atoms with E-state index in [-0.39, 0.29) is 0 Å². The lowest BCUT2D eigenvalue weighted by Gasteiger charge is -2.29. The molecule has 0 atom stereocenters. The molecule has 3 N–H and O–H groups in total. The molecule has 1 aliphatic heterocycles. The lowest BCUT2D eigenvalue weighted by molar-refractivity contribution is 0.285. The van der Waals surface area contributed by atoms with E-state index in [2.05, 4.69) is 11.6 Å². The molecule has 1 heterocycles. The predicted octanol–water partition coefficient (Wildman–Crippen LogP) is 1.21. The first-order valence-corrected chi connectivity index (χ1v) is 8.48. The zero-order valence-electron chi connectivity index (χ0n) is 11.9. The van der Waals surface area contributed by atoms with Crippen LogP contribution in [0.2, 0.25) is 0 Å². The summed E-state index contributed by atoms with van der Waals surface area (Å²) in [6, 6.07) is 7.63. The maximum absolute atomic E-state index is 12.2. The van der Waals surface area contributed by atoms with Crippen LogP contribution in [0.5, 0.6) is 0 Å². The summed E-state index contributed by atoms with van der Waals surface area (Å²) in [7, 11) is -3.39. The van der Waals surface area contributed by atoms with Crippen LogP contribution < -0.4 is 10.5 Å².